The Morgan fingerprint density at radius 3 is 1.57 bits per heavy atom. The third-order valence-corrected chi connectivity index (χ3v) is 5.46. The van der Waals surface area contributed by atoms with E-state index in [0.717, 1.165) is 0 Å². The smallest absolute Gasteiger partial charge is 0.264 e. The Hall–Kier alpha value is -0.870. The van der Waals surface area contributed by atoms with E-state index in [2.05, 4.69) is 0 Å². The summed E-state index contributed by atoms with van der Waals surface area (Å²) in [5, 5.41) is 20.9. The number of aliphatic hydroxyl groups is 2. The number of rotatable bonds is 4. The van der Waals surface area contributed by atoms with E-state index in [9.17, 15) is 19.7 Å². The zero-order valence-electron chi connectivity index (χ0n) is 10.7. The number of hydrogen-bond donors (Lipinski definition) is 3. The van der Waals surface area contributed by atoms with Crippen molar-refractivity contribution >= 4 is 30.6 Å². The van der Waals surface area contributed by atoms with Crippen molar-refractivity contribution in [2.45, 2.75) is 11.7 Å². The van der Waals surface area contributed by atoms with Crippen LogP contribution in [0.25, 0.3) is 0 Å². The molecule has 0 heterocycles. The van der Waals surface area contributed by atoms with Gasteiger partial charge in [-0.05, 0) is 35.4 Å². The van der Waals surface area contributed by atoms with Crippen LogP contribution in [0.15, 0.2) is 48.5 Å². The molecule has 0 fully saturated rings. The van der Waals surface area contributed by atoms with Gasteiger partial charge in [-0.25, -0.2) is 0 Å². The van der Waals surface area contributed by atoms with Gasteiger partial charge in [-0.15, -0.1) is 0 Å². The molecule has 21 heavy (non-hydrogen) atoms. The molecular weight excluding hydrogens is 334 g/mol. The Kier molecular flexibility index (Phi) is 5.10. The van der Waals surface area contributed by atoms with Crippen molar-refractivity contribution in [1.29, 1.82) is 0 Å². The largest absolute Gasteiger partial charge is 0.378 e. The van der Waals surface area contributed by atoms with Crippen molar-refractivity contribution in [2.75, 3.05) is 0 Å². The summed E-state index contributed by atoms with van der Waals surface area (Å²) in [5.74, 6) is -3.49. The molecule has 0 saturated heterocycles. The molecule has 7 heteroatoms. The van der Waals surface area contributed by atoms with Crippen LogP contribution in [-0.4, -0.2) is 15.1 Å². The fourth-order valence-electron chi connectivity index (χ4n) is 1.90. The molecule has 0 spiro atoms. The summed E-state index contributed by atoms with van der Waals surface area (Å²) < 4.78 is 12.4. The molecule has 0 aliphatic heterocycles. The normalized spacial score (nSPS) is 14.7. The first-order valence-electron chi connectivity index (χ1n) is 6.01. The first-order valence-corrected chi connectivity index (χ1v) is 8.57. The van der Waals surface area contributed by atoms with Crippen LogP contribution in [0.3, 0.4) is 0 Å². The van der Waals surface area contributed by atoms with Crippen molar-refractivity contribution < 1.29 is 19.7 Å². The van der Waals surface area contributed by atoms with Crippen molar-refractivity contribution in [3.8, 4) is 0 Å². The van der Waals surface area contributed by atoms with Crippen LogP contribution < -0.4 is 0 Å². The lowest BCUT2D eigenvalue weighted by Gasteiger charge is -2.24. The van der Waals surface area contributed by atoms with Gasteiger partial charge in [-0.1, -0.05) is 47.5 Å². The summed E-state index contributed by atoms with van der Waals surface area (Å²) in [4.78, 5) is 10.1. The Morgan fingerprint density at radius 1 is 0.857 bits per heavy atom. The van der Waals surface area contributed by atoms with Gasteiger partial charge in [0.15, 0.2) is 11.7 Å². The maximum Gasteiger partial charge on any atom is 0.264 e. The number of aliphatic hydroxyl groups excluding tert-OH is 2. The van der Waals surface area contributed by atoms with Crippen LogP contribution in [-0.2, 0) is 4.57 Å². The van der Waals surface area contributed by atoms with Gasteiger partial charge < -0.3 is 15.1 Å². The number of benzene rings is 2. The fraction of sp³-hybridized carbons (Fsp3) is 0.143. The molecule has 0 bridgehead atoms. The summed E-state index contributed by atoms with van der Waals surface area (Å²) in [6.45, 7) is 0. The van der Waals surface area contributed by atoms with Crippen molar-refractivity contribution in [2.24, 2.45) is 0 Å². The van der Waals surface area contributed by atoms with Crippen LogP contribution >= 0.6 is 30.6 Å². The second-order valence-corrected chi connectivity index (χ2v) is 7.73. The van der Waals surface area contributed by atoms with Crippen molar-refractivity contribution in [3.05, 3.63) is 69.7 Å². The molecule has 2 aromatic rings. The zero-order valence-corrected chi connectivity index (χ0v) is 13.1. The first kappa shape index (κ1) is 16.5. The molecule has 2 rings (SSSR count). The van der Waals surface area contributed by atoms with Crippen LogP contribution in [0.2, 0.25) is 10.0 Å². The Bertz CT molecular complexity index is 637. The SMILES string of the molecule is O=P(O)([C@H](O)c1cccc(Cl)c1)[C@H](O)c1cccc(Cl)c1. The lowest BCUT2D eigenvalue weighted by atomic mass is 10.2. The lowest BCUT2D eigenvalue weighted by molar-refractivity contribution is 0.186. The summed E-state index contributed by atoms with van der Waals surface area (Å²) >= 11 is 11.6. The van der Waals surface area contributed by atoms with Gasteiger partial charge in [0.1, 0.15) is 0 Å². The highest BCUT2D eigenvalue weighted by molar-refractivity contribution is 7.58. The third kappa shape index (κ3) is 3.67. The molecule has 0 unspecified atom stereocenters. The third-order valence-electron chi connectivity index (χ3n) is 2.99. The highest BCUT2D eigenvalue weighted by Gasteiger charge is 2.39. The molecule has 0 saturated carbocycles. The van der Waals surface area contributed by atoms with Gasteiger partial charge in [0, 0.05) is 10.0 Å². The Balaban J connectivity index is 2.34. The quantitative estimate of drug-likeness (QED) is 0.732. The van der Waals surface area contributed by atoms with Crippen LogP contribution in [0.4, 0.5) is 0 Å². The monoisotopic (exact) mass is 346 g/mol. The Labute approximate surface area is 132 Å². The minimum Gasteiger partial charge on any atom is -0.378 e. The lowest BCUT2D eigenvalue weighted by Crippen LogP contribution is -2.07. The second-order valence-electron chi connectivity index (χ2n) is 4.53. The van der Waals surface area contributed by atoms with Gasteiger partial charge in [0.05, 0.1) is 0 Å². The molecule has 0 aliphatic rings. The average molecular weight is 347 g/mol. The Morgan fingerprint density at radius 2 is 1.24 bits per heavy atom. The molecule has 0 amide bonds. The van der Waals surface area contributed by atoms with E-state index in [0.29, 0.717) is 10.0 Å². The van der Waals surface area contributed by atoms with E-state index < -0.39 is 19.1 Å². The molecule has 0 aliphatic carbocycles. The van der Waals surface area contributed by atoms with E-state index in [1.165, 1.54) is 24.3 Å². The standard InChI is InChI=1S/C14H13Cl2O4P/c15-11-5-1-3-9(7-11)13(17)21(19,20)14(18)10-4-2-6-12(16)8-10/h1-8,13-14,17-18H,(H,19,20)/t13-,14-/m0/s1. The maximum atomic E-state index is 12.4. The van der Waals surface area contributed by atoms with Gasteiger partial charge in [-0.3, -0.25) is 4.57 Å². The maximum absolute atomic E-state index is 12.4. The van der Waals surface area contributed by atoms with Gasteiger partial charge in [0.25, 0.3) is 7.37 Å². The predicted molar refractivity (Wildman–Crippen MR) is 82.6 cm³/mol. The summed E-state index contributed by atoms with van der Waals surface area (Å²) in [6.07, 6.45) is 0. The molecule has 0 aromatic heterocycles. The second kappa shape index (κ2) is 6.49. The molecule has 112 valence electrons. The van der Waals surface area contributed by atoms with Crippen molar-refractivity contribution in [1.82, 2.24) is 0 Å². The van der Waals surface area contributed by atoms with Crippen LogP contribution in [0.1, 0.15) is 22.8 Å². The molecule has 3 N–H and O–H groups in total. The minimum atomic E-state index is -4.36. The number of hydrogen-bond acceptors (Lipinski definition) is 3. The highest BCUT2D eigenvalue weighted by Crippen LogP contribution is 2.63. The van der Waals surface area contributed by atoms with Gasteiger partial charge in [0.2, 0.25) is 0 Å². The average Bonchev–Trinajstić information content (AvgIpc) is 2.45. The number of halogens is 2. The fourth-order valence-corrected chi connectivity index (χ4v) is 3.74. The van der Waals surface area contributed by atoms with Gasteiger partial charge >= 0.3 is 0 Å². The van der Waals surface area contributed by atoms with Crippen molar-refractivity contribution in [3.63, 3.8) is 0 Å². The summed E-state index contributed by atoms with van der Waals surface area (Å²) in [6, 6.07) is 11.9. The topological polar surface area (TPSA) is 77.8 Å². The molecule has 2 atom stereocenters. The van der Waals surface area contributed by atoms with E-state index in [1.54, 1.807) is 24.3 Å². The predicted octanol–water partition coefficient (Wildman–Crippen LogP) is 3.95. The van der Waals surface area contributed by atoms with E-state index in [-0.39, 0.29) is 11.1 Å². The van der Waals surface area contributed by atoms with E-state index in [1.807, 2.05) is 0 Å². The van der Waals surface area contributed by atoms with E-state index >= 15 is 0 Å². The summed E-state index contributed by atoms with van der Waals surface area (Å²) in [7, 11) is -4.36. The summed E-state index contributed by atoms with van der Waals surface area (Å²) in [5.41, 5.74) is 0.323. The molecule has 2 aromatic carbocycles. The van der Waals surface area contributed by atoms with Gasteiger partial charge in [-0.2, -0.15) is 0 Å². The molecular formula is C14H13Cl2O4P. The zero-order chi connectivity index (χ0) is 15.6. The van der Waals surface area contributed by atoms with Crippen LogP contribution in [0.5, 0.6) is 0 Å². The van der Waals surface area contributed by atoms with E-state index in [4.69, 9.17) is 23.2 Å². The molecule has 0 radical (unpaired) electrons. The highest BCUT2D eigenvalue weighted by atomic mass is 35.5. The van der Waals surface area contributed by atoms with Crippen LogP contribution in [0, 0.1) is 0 Å². The minimum absolute atomic E-state index is 0.161. The first-order chi connectivity index (χ1) is 9.82. The molecule has 4 nitrogen and oxygen atoms in total.